The van der Waals surface area contributed by atoms with Crippen LogP contribution in [-0.4, -0.2) is 20.1 Å². The van der Waals surface area contributed by atoms with Crippen LogP contribution in [0.15, 0.2) is 88.3 Å². The van der Waals surface area contributed by atoms with E-state index < -0.39 is 0 Å². The van der Waals surface area contributed by atoms with Crippen molar-refractivity contribution in [2.24, 2.45) is 4.99 Å². The van der Waals surface area contributed by atoms with Gasteiger partial charge in [0, 0.05) is 21.7 Å². The Hall–Kier alpha value is -4.38. The maximum Gasteiger partial charge on any atom is 0.279 e. The molecule has 0 fully saturated rings. The fraction of sp³-hybridized carbons (Fsp3) is 0.0714. The molecule has 5 nitrogen and oxygen atoms in total. The largest absolute Gasteiger partial charge is 0.497 e. The SMILES string of the molecule is COc1ccc2c(c1)=C(c1c(-c3ccccc3)oc3ccc4ccc(OC)cc4c13)C(=O)N=2. The third-order valence-corrected chi connectivity index (χ3v) is 6.07. The molecule has 0 atom stereocenters. The predicted molar refractivity (Wildman–Crippen MR) is 127 cm³/mol. The average molecular weight is 433 g/mol. The summed E-state index contributed by atoms with van der Waals surface area (Å²) in [5.41, 5.74) is 2.82. The topological polar surface area (TPSA) is 61.0 Å². The Balaban J connectivity index is 1.83. The molecule has 1 amide bonds. The van der Waals surface area contributed by atoms with Crippen molar-refractivity contribution < 1.29 is 18.7 Å². The normalized spacial score (nSPS) is 12.8. The maximum absolute atomic E-state index is 13.3. The van der Waals surface area contributed by atoms with Crippen molar-refractivity contribution in [2.75, 3.05) is 14.2 Å². The molecule has 0 bridgehead atoms. The van der Waals surface area contributed by atoms with Crippen LogP contribution in [-0.2, 0) is 4.79 Å². The zero-order valence-corrected chi connectivity index (χ0v) is 18.1. The molecule has 160 valence electrons. The fourth-order valence-corrected chi connectivity index (χ4v) is 4.52. The van der Waals surface area contributed by atoms with Gasteiger partial charge in [0.15, 0.2) is 0 Å². The van der Waals surface area contributed by atoms with Crippen molar-refractivity contribution in [1.29, 1.82) is 0 Å². The summed E-state index contributed by atoms with van der Waals surface area (Å²) in [6.45, 7) is 0. The highest BCUT2D eigenvalue weighted by molar-refractivity contribution is 6.28. The molecule has 6 rings (SSSR count). The molecule has 4 aromatic carbocycles. The van der Waals surface area contributed by atoms with E-state index in [4.69, 9.17) is 13.9 Å². The second kappa shape index (κ2) is 7.35. The molecule has 2 heterocycles. The van der Waals surface area contributed by atoms with Gasteiger partial charge in [-0.1, -0.05) is 42.5 Å². The van der Waals surface area contributed by atoms with Crippen LogP contribution in [0.3, 0.4) is 0 Å². The second-order valence-electron chi connectivity index (χ2n) is 7.87. The van der Waals surface area contributed by atoms with Gasteiger partial charge in [0.25, 0.3) is 5.91 Å². The molecule has 0 N–H and O–H groups in total. The standard InChI is InChI=1S/C28H19NO4/c1-31-18-10-8-16-9-13-23-24(20(16)14-18)26(27(33-23)17-6-4-3-5-7-17)25-21-15-19(32-2)11-12-22(21)29-28(25)30/h3-15H,1-2H3. The van der Waals surface area contributed by atoms with E-state index in [-0.39, 0.29) is 5.91 Å². The lowest BCUT2D eigenvalue weighted by atomic mass is 9.94. The van der Waals surface area contributed by atoms with Crippen molar-refractivity contribution >= 4 is 33.2 Å². The summed E-state index contributed by atoms with van der Waals surface area (Å²) < 4.78 is 17.3. The van der Waals surface area contributed by atoms with Gasteiger partial charge in [0.05, 0.1) is 25.1 Å². The van der Waals surface area contributed by atoms with Gasteiger partial charge < -0.3 is 13.9 Å². The number of hydrogen-bond acceptors (Lipinski definition) is 4. The zero-order valence-electron chi connectivity index (χ0n) is 18.1. The van der Waals surface area contributed by atoms with Crippen LogP contribution in [0.4, 0.5) is 0 Å². The molecular formula is C28H19NO4. The number of nitrogens with zero attached hydrogens (tertiary/aromatic N) is 1. The van der Waals surface area contributed by atoms with Gasteiger partial charge >= 0.3 is 0 Å². The Kier molecular flexibility index (Phi) is 4.30. The number of fused-ring (bicyclic) bond motifs is 4. The number of carbonyl (C=O) groups is 1. The Morgan fingerprint density at radius 3 is 2.33 bits per heavy atom. The minimum Gasteiger partial charge on any atom is -0.497 e. The van der Waals surface area contributed by atoms with Gasteiger partial charge in [0.1, 0.15) is 22.8 Å². The number of rotatable bonds is 4. The first-order valence-corrected chi connectivity index (χ1v) is 10.6. The molecule has 0 saturated carbocycles. The van der Waals surface area contributed by atoms with Gasteiger partial charge in [-0.15, -0.1) is 0 Å². The van der Waals surface area contributed by atoms with Crippen LogP contribution in [0.2, 0.25) is 0 Å². The number of amides is 1. The third kappa shape index (κ3) is 2.93. The number of hydrogen-bond donors (Lipinski definition) is 0. The highest BCUT2D eigenvalue weighted by atomic mass is 16.5. The Morgan fingerprint density at radius 1 is 0.818 bits per heavy atom. The summed E-state index contributed by atoms with van der Waals surface area (Å²) in [7, 11) is 3.25. The molecule has 0 saturated heterocycles. The highest BCUT2D eigenvalue weighted by Gasteiger charge is 2.28. The predicted octanol–water partition coefficient (Wildman–Crippen LogP) is 4.63. The summed E-state index contributed by atoms with van der Waals surface area (Å²) in [4.78, 5) is 17.6. The van der Waals surface area contributed by atoms with E-state index in [9.17, 15) is 4.79 Å². The summed E-state index contributed by atoms with van der Waals surface area (Å²) in [6, 6.07) is 25.2. The number of carbonyl (C=O) groups excluding carboxylic acids is 1. The Labute approximate surface area is 189 Å². The van der Waals surface area contributed by atoms with E-state index in [1.54, 1.807) is 14.2 Å². The first kappa shape index (κ1) is 19.3. The van der Waals surface area contributed by atoms with Gasteiger partial charge in [-0.05, 0) is 47.2 Å². The summed E-state index contributed by atoms with van der Waals surface area (Å²) in [5, 5.41) is 4.20. The Bertz CT molecular complexity index is 1700. The zero-order chi connectivity index (χ0) is 22.5. The molecule has 1 aromatic heterocycles. The quantitative estimate of drug-likeness (QED) is 0.415. The third-order valence-electron chi connectivity index (χ3n) is 6.07. The minimum atomic E-state index is -0.293. The first-order valence-electron chi connectivity index (χ1n) is 10.6. The van der Waals surface area contributed by atoms with Crippen LogP contribution >= 0.6 is 0 Å². The monoisotopic (exact) mass is 433 g/mol. The Morgan fingerprint density at radius 2 is 1.55 bits per heavy atom. The second-order valence-corrected chi connectivity index (χ2v) is 7.87. The molecule has 1 aliphatic heterocycles. The average Bonchev–Trinajstić information content (AvgIpc) is 3.40. The van der Waals surface area contributed by atoms with Crippen molar-refractivity contribution in [3.63, 3.8) is 0 Å². The summed E-state index contributed by atoms with van der Waals surface area (Å²) >= 11 is 0. The van der Waals surface area contributed by atoms with Crippen LogP contribution < -0.4 is 20.0 Å². The number of ether oxygens (including phenoxy) is 2. The van der Waals surface area contributed by atoms with E-state index in [0.717, 1.165) is 38.3 Å². The summed E-state index contributed by atoms with van der Waals surface area (Å²) in [5.74, 6) is 1.74. The van der Waals surface area contributed by atoms with E-state index in [0.29, 0.717) is 28.0 Å². The molecular weight excluding hydrogens is 414 g/mol. The minimum absolute atomic E-state index is 0.293. The molecule has 0 aliphatic carbocycles. The lowest BCUT2D eigenvalue weighted by molar-refractivity contribution is -0.112. The van der Waals surface area contributed by atoms with Crippen LogP contribution in [0, 0.1) is 0 Å². The van der Waals surface area contributed by atoms with Gasteiger partial charge in [0.2, 0.25) is 0 Å². The lowest BCUT2D eigenvalue weighted by Gasteiger charge is -2.07. The highest BCUT2D eigenvalue weighted by Crippen LogP contribution is 2.42. The van der Waals surface area contributed by atoms with E-state index in [2.05, 4.69) is 4.99 Å². The van der Waals surface area contributed by atoms with Gasteiger partial charge in [-0.2, -0.15) is 0 Å². The van der Waals surface area contributed by atoms with Crippen molar-refractivity contribution in [1.82, 2.24) is 0 Å². The van der Waals surface area contributed by atoms with Crippen molar-refractivity contribution in [3.05, 3.63) is 95.0 Å². The van der Waals surface area contributed by atoms with Crippen LogP contribution in [0.25, 0.3) is 38.6 Å². The lowest BCUT2D eigenvalue weighted by Crippen LogP contribution is -2.23. The van der Waals surface area contributed by atoms with Crippen LogP contribution in [0.5, 0.6) is 11.5 Å². The molecule has 0 spiro atoms. The number of benzene rings is 4. The summed E-state index contributed by atoms with van der Waals surface area (Å²) in [6.07, 6.45) is 0. The van der Waals surface area contributed by atoms with Crippen molar-refractivity contribution in [3.8, 4) is 22.8 Å². The number of methoxy groups -OCH3 is 2. The van der Waals surface area contributed by atoms with Gasteiger partial charge in [-0.25, -0.2) is 4.99 Å². The molecule has 33 heavy (non-hydrogen) atoms. The number of furan rings is 1. The van der Waals surface area contributed by atoms with Crippen LogP contribution in [0.1, 0.15) is 5.56 Å². The van der Waals surface area contributed by atoms with E-state index in [1.807, 2.05) is 78.9 Å². The smallest absolute Gasteiger partial charge is 0.279 e. The molecule has 0 radical (unpaired) electrons. The van der Waals surface area contributed by atoms with E-state index in [1.165, 1.54) is 0 Å². The molecule has 5 aromatic rings. The molecule has 0 unspecified atom stereocenters. The fourth-order valence-electron chi connectivity index (χ4n) is 4.52. The molecule has 1 aliphatic rings. The van der Waals surface area contributed by atoms with Crippen molar-refractivity contribution in [2.45, 2.75) is 0 Å². The van der Waals surface area contributed by atoms with Gasteiger partial charge in [-0.3, -0.25) is 4.79 Å². The van der Waals surface area contributed by atoms with E-state index >= 15 is 0 Å². The first-order chi connectivity index (χ1) is 16.2. The molecule has 5 heteroatoms. The maximum atomic E-state index is 13.3.